The second kappa shape index (κ2) is 7.68. The lowest BCUT2D eigenvalue weighted by Gasteiger charge is -2.08. The number of carbonyl (C=O) groups excluding carboxylic acids is 2. The zero-order chi connectivity index (χ0) is 17.5. The Bertz CT molecular complexity index is 798. The van der Waals surface area contributed by atoms with Crippen LogP contribution >= 0.6 is 0 Å². The van der Waals surface area contributed by atoms with Crippen LogP contribution in [0.1, 0.15) is 15.9 Å². The Hall–Kier alpha value is -3.48. The quantitative estimate of drug-likeness (QED) is 0.501. The lowest BCUT2D eigenvalue weighted by atomic mass is 10.1. The van der Waals surface area contributed by atoms with Crippen LogP contribution in [0.25, 0.3) is 6.08 Å². The number of hydrogen-bond acceptors (Lipinski definition) is 4. The fourth-order valence-corrected chi connectivity index (χ4v) is 1.98. The zero-order valence-electron chi connectivity index (χ0n) is 12.9. The van der Waals surface area contributed by atoms with Crippen LogP contribution in [0.3, 0.4) is 0 Å². The number of carbonyl (C=O) groups is 2. The summed E-state index contributed by atoms with van der Waals surface area (Å²) in [5, 5.41) is 15.7. The standard InChI is InChI=1S/C17H15N3O4/c1-18-17(22)14-4-2-3-5-15(14)19-16(21)11-8-12-6-9-13(10-7-12)20(23)24/h2-11H,1H3,(H,18,22)(H,19,21)/b11-8+. The average Bonchev–Trinajstić information content (AvgIpc) is 2.60. The summed E-state index contributed by atoms with van der Waals surface area (Å²) in [6.45, 7) is 0. The van der Waals surface area contributed by atoms with Gasteiger partial charge in [0, 0.05) is 25.3 Å². The monoisotopic (exact) mass is 325 g/mol. The van der Waals surface area contributed by atoms with Crippen LogP contribution in [-0.2, 0) is 4.79 Å². The predicted octanol–water partition coefficient (Wildman–Crippen LogP) is 2.61. The maximum Gasteiger partial charge on any atom is 0.269 e. The van der Waals surface area contributed by atoms with Gasteiger partial charge in [-0.1, -0.05) is 12.1 Å². The van der Waals surface area contributed by atoms with E-state index in [0.29, 0.717) is 16.8 Å². The molecule has 0 heterocycles. The number of anilines is 1. The molecule has 0 aliphatic carbocycles. The van der Waals surface area contributed by atoms with Crippen LogP contribution < -0.4 is 10.6 Å². The van der Waals surface area contributed by atoms with E-state index in [1.807, 2.05) is 0 Å². The first-order valence-electron chi connectivity index (χ1n) is 7.06. The summed E-state index contributed by atoms with van der Waals surface area (Å²) < 4.78 is 0. The van der Waals surface area contributed by atoms with Crippen molar-refractivity contribution in [2.75, 3.05) is 12.4 Å². The molecule has 2 aromatic carbocycles. The minimum absolute atomic E-state index is 0.0175. The number of non-ortho nitro benzene ring substituents is 1. The largest absolute Gasteiger partial charge is 0.355 e. The number of benzene rings is 2. The summed E-state index contributed by atoms with van der Waals surface area (Å²) in [7, 11) is 1.51. The number of nitro groups is 1. The van der Waals surface area contributed by atoms with Gasteiger partial charge in [-0.05, 0) is 35.9 Å². The maximum absolute atomic E-state index is 12.0. The smallest absolute Gasteiger partial charge is 0.269 e. The molecule has 0 aliphatic rings. The van der Waals surface area contributed by atoms with Gasteiger partial charge in [0.05, 0.1) is 16.2 Å². The summed E-state index contributed by atoms with van der Waals surface area (Å²) >= 11 is 0. The Morgan fingerprint density at radius 2 is 1.75 bits per heavy atom. The summed E-state index contributed by atoms with van der Waals surface area (Å²) in [6.07, 6.45) is 2.82. The molecule has 0 saturated heterocycles. The van der Waals surface area contributed by atoms with Crippen molar-refractivity contribution >= 4 is 29.3 Å². The molecule has 2 rings (SSSR count). The lowest BCUT2D eigenvalue weighted by Crippen LogP contribution is -2.20. The Balaban J connectivity index is 2.08. The van der Waals surface area contributed by atoms with Crippen LogP contribution in [0.5, 0.6) is 0 Å². The molecule has 0 atom stereocenters. The number of nitro benzene ring substituents is 1. The van der Waals surface area contributed by atoms with Gasteiger partial charge >= 0.3 is 0 Å². The van der Waals surface area contributed by atoms with E-state index in [2.05, 4.69) is 10.6 Å². The topological polar surface area (TPSA) is 101 Å². The second-order valence-corrected chi connectivity index (χ2v) is 4.80. The van der Waals surface area contributed by atoms with Crippen molar-refractivity contribution in [2.24, 2.45) is 0 Å². The van der Waals surface area contributed by atoms with E-state index in [9.17, 15) is 19.7 Å². The van der Waals surface area contributed by atoms with E-state index in [4.69, 9.17) is 0 Å². The maximum atomic E-state index is 12.0. The molecule has 2 aromatic rings. The van der Waals surface area contributed by atoms with Crippen molar-refractivity contribution in [3.63, 3.8) is 0 Å². The molecule has 0 radical (unpaired) electrons. The number of hydrogen-bond donors (Lipinski definition) is 2. The molecule has 2 N–H and O–H groups in total. The molecule has 2 amide bonds. The van der Waals surface area contributed by atoms with Gasteiger partial charge in [0.25, 0.3) is 11.6 Å². The Morgan fingerprint density at radius 1 is 1.08 bits per heavy atom. The fraction of sp³-hybridized carbons (Fsp3) is 0.0588. The Morgan fingerprint density at radius 3 is 2.38 bits per heavy atom. The third-order valence-electron chi connectivity index (χ3n) is 3.19. The van der Waals surface area contributed by atoms with E-state index in [0.717, 1.165) is 0 Å². The van der Waals surface area contributed by atoms with Gasteiger partial charge in [0.2, 0.25) is 5.91 Å². The van der Waals surface area contributed by atoms with Gasteiger partial charge in [-0.25, -0.2) is 0 Å². The highest BCUT2D eigenvalue weighted by Gasteiger charge is 2.10. The number of nitrogens with zero attached hydrogens (tertiary/aromatic N) is 1. The van der Waals surface area contributed by atoms with Crippen molar-refractivity contribution in [3.05, 3.63) is 75.8 Å². The van der Waals surface area contributed by atoms with Crippen molar-refractivity contribution in [1.82, 2.24) is 5.32 Å². The average molecular weight is 325 g/mol. The molecule has 0 saturated carbocycles. The molecular weight excluding hydrogens is 310 g/mol. The van der Waals surface area contributed by atoms with Crippen LogP contribution in [0.4, 0.5) is 11.4 Å². The van der Waals surface area contributed by atoms with E-state index >= 15 is 0 Å². The molecule has 0 unspecified atom stereocenters. The van der Waals surface area contributed by atoms with Crippen molar-refractivity contribution in [1.29, 1.82) is 0 Å². The number of rotatable bonds is 5. The van der Waals surface area contributed by atoms with Crippen molar-refractivity contribution in [3.8, 4) is 0 Å². The fourth-order valence-electron chi connectivity index (χ4n) is 1.98. The molecule has 7 heteroatoms. The van der Waals surface area contributed by atoms with Crippen LogP contribution in [0, 0.1) is 10.1 Å². The molecule has 0 bridgehead atoms. The highest BCUT2D eigenvalue weighted by molar-refractivity contribution is 6.07. The first kappa shape index (κ1) is 16.9. The van der Waals surface area contributed by atoms with Gasteiger partial charge in [-0.15, -0.1) is 0 Å². The first-order valence-corrected chi connectivity index (χ1v) is 7.06. The van der Waals surface area contributed by atoms with Crippen LogP contribution in [0.15, 0.2) is 54.6 Å². The van der Waals surface area contributed by atoms with Crippen molar-refractivity contribution < 1.29 is 14.5 Å². The Kier molecular flexibility index (Phi) is 5.40. The van der Waals surface area contributed by atoms with Gasteiger partial charge in [0.1, 0.15) is 0 Å². The van der Waals surface area contributed by atoms with Crippen LogP contribution in [0.2, 0.25) is 0 Å². The molecule has 24 heavy (non-hydrogen) atoms. The molecule has 0 fully saturated rings. The molecular formula is C17H15N3O4. The second-order valence-electron chi connectivity index (χ2n) is 4.80. The number of amides is 2. The van der Waals surface area contributed by atoms with E-state index in [-0.39, 0.29) is 11.6 Å². The minimum atomic E-state index is -0.490. The van der Waals surface area contributed by atoms with Gasteiger partial charge in [-0.3, -0.25) is 19.7 Å². The van der Waals surface area contributed by atoms with E-state index in [1.54, 1.807) is 36.4 Å². The molecule has 122 valence electrons. The molecule has 0 aromatic heterocycles. The minimum Gasteiger partial charge on any atom is -0.355 e. The highest BCUT2D eigenvalue weighted by atomic mass is 16.6. The summed E-state index contributed by atoms with van der Waals surface area (Å²) in [6, 6.07) is 12.4. The summed E-state index contributed by atoms with van der Waals surface area (Å²) in [4.78, 5) is 33.8. The lowest BCUT2D eigenvalue weighted by molar-refractivity contribution is -0.384. The van der Waals surface area contributed by atoms with E-state index < -0.39 is 10.8 Å². The zero-order valence-corrected chi connectivity index (χ0v) is 12.9. The third kappa shape index (κ3) is 4.26. The van der Waals surface area contributed by atoms with Gasteiger partial charge in [0.15, 0.2) is 0 Å². The Labute approximate surface area is 138 Å². The molecule has 0 spiro atoms. The SMILES string of the molecule is CNC(=O)c1ccccc1NC(=O)/C=C/c1ccc([N+](=O)[O-])cc1. The number of nitrogens with one attached hydrogen (secondary N) is 2. The van der Waals surface area contributed by atoms with Gasteiger partial charge in [-0.2, -0.15) is 0 Å². The van der Waals surface area contributed by atoms with Crippen LogP contribution in [-0.4, -0.2) is 23.8 Å². The normalized spacial score (nSPS) is 10.4. The molecule has 0 aliphatic heterocycles. The van der Waals surface area contributed by atoms with E-state index in [1.165, 1.54) is 31.3 Å². The summed E-state index contributed by atoms with van der Waals surface area (Å²) in [5.74, 6) is -0.713. The summed E-state index contributed by atoms with van der Waals surface area (Å²) in [5.41, 5.74) is 1.39. The third-order valence-corrected chi connectivity index (χ3v) is 3.19. The first-order chi connectivity index (χ1) is 11.5. The molecule has 7 nitrogen and oxygen atoms in total. The predicted molar refractivity (Wildman–Crippen MR) is 90.6 cm³/mol. The van der Waals surface area contributed by atoms with Crippen molar-refractivity contribution in [2.45, 2.75) is 0 Å². The number of para-hydroxylation sites is 1. The van der Waals surface area contributed by atoms with Gasteiger partial charge < -0.3 is 10.6 Å². The highest BCUT2D eigenvalue weighted by Crippen LogP contribution is 2.16.